The fourth-order valence-corrected chi connectivity index (χ4v) is 4.11. The molecule has 0 aromatic heterocycles. The van der Waals surface area contributed by atoms with E-state index in [4.69, 9.17) is 5.11 Å². The maximum Gasteiger partial charge on any atom is 0.322 e. The van der Waals surface area contributed by atoms with Crippen LogP contribution in [0.3, 0.4) is 0 Å². The van der Waals surface area contributed by atoms with E-state index in [9.17, 15) is 14.9 Å². The predicted molar refractivity (Wildman–Crippen MR) is 67.0 cm³/mol. The van der Waals surface area contributed by atoms with Crippen LogP contribution in [0.4, 0.5) is 0 Å². The third-order valence-corrected chi connectivity index (χ3v) is 4.78. The van der Waals surface area contributed by atoms with E-state index < -0.39 is 16.1 Å². The highest BCUT2D eigenvalue weighted by Gasteiger charge is 2.40. The molecular weight excluding hydrogens is 262 g/mol. The Hall–Kier alpha value is -1.47. The Balaban J connectivity index is 2.53. The van der Waals surface area contributed by atoms with Crippen molar-refractivity contribution in [3.63, 3.8) is 0 Å². The molecule has 5 nitrogen and oxygen atoms in total. The topological polar surface area (TPSA) is 80.4 Å². The molecule has 0 fully saturated rings. The van der Waals surface area contributed by atoms with E-state index in [0.717, 1.165) is 21.6 Å². The molecule has 0 spiro atoms. The molecule has 7 heteroatoms. The number of hydrogen-bond acceptors (Lipinski definition) is 5. The van der Waals surface area contributed by atoms with Gasteiger partial charge in [0, 0.05) is 10.8 Å². The van der Waals surface area contributed by atoms with Gasteiger partial charge in [-0.3, -0.25) is 14.9 Å². The Bertz CT molecular complexity index is 500. The molecule has 0 bridgehead atoms. The van der Waals surface area contributed by atoms with Gasteiger partial charge >= 0.3 is 11.0 Å². The summed E-state index contributed by atoms with van der Waals surface area (Å²) in [5.74, 6) is -1.06. The minimum absolute atomic E-state index is 0.0893. The number of rotatable bonds is 3. The van der Waals surface area contributed by atoms with Crippen molar-refractivity contribution in [3.8, 4) is 0 Å². The fourth-order valence-electron chi connectivity index (χ4n) is 1.48. The third kappa shape index (κ3) is 2.29. The van der Waals surface area contributed by atoms with E-state index >= 15 is 0 Å². The Morgan fingerprint density at radius 1 is 1.35 bits per heavy atom. The lowest BCUT2D eigenvalue weighted by atomic mass is 10.0. The maximum absolute atomic E-state index is 11.1. The first kappa shape index (κ1) is 12.0. The van der Waals surface area contributed by atoms with Gasteiger partial charge in [0.05, 0.1) is 10.5 Å². The lowest BCUT2D eigenvalue weighted by molar-refractivity contribution is -0.409. The first-order chi connectivity index (χ1) is 8.11. The standard InChI is InChI=1S/C10H7NO4S2/c12-10(13)8-7(6-4-2-1-3-5-6)9(11(14)15)17-16-8/h1-5,8H,(H,12,13). The van der Waals surface area contributed by atoms with Crippen molar-refractivity contribution in [2.24, 2.45) is 0 Å². The number of carboxylic acid groups (broad SMARTS) is 1. The number of nitro groups is 1. The van der Waals surface area contributed by atoms with Crippen LogP contribution < -0.4 is 0 Å². The molecule has 1 aromatic carbocycles. The van der Waals surface area contributed by atoms with Crippen molar-refractivity contribution >= 4 is 33.1 Å². The molecule has 17 heavy (non-hydrogen) atoms. The van der Waals surface area contributed by atoms with Crippen LogP contribution in [0, 0.1) is 10.1 Å². The molecule has 1 aliphatic rings. The summed E-state index contributed by atoms with van der Waals surface area (Å²) in [7, 11) is 1.90. The first-order valence-corrected chi connectivity index (χ1v) is 6.82. The zero-order chi connectivity index (χ0) is 12.4. The van der Waals surface area contributed by atoms with E-state index in [-0.39, 0.29) is 10.6 Å². The summed E-state index contributed by atoms with van der Waals surface area (Å²) < 4.78 is 0. The molecule has 1 atom stereocenters. The molecule has 88 valence electrons. The highest BCUT2D eigenvalue weighted by atomic mass is 33.1. The summed E-state index contributed by atoms with van der Waals surface area (Å²) in [6, 6.07) is 8.60. The van der Waals surface area contributed by atoms with Gasteiger partial charge in [-0.25, -0.2) is 0 Å². The van der Waals surface area contributed by atoms with Crippen LogP contribution in [0.2, 0.25) is 0 Å². The van der Waals surface area contributed by atoms with Crippen molar-refractivity contribution in [2.75, 3.05) is 0 Å². The molecule has 2 rings (SSSR count). The van der Waals surface area contributed by atoms with Gasteiger partial charge < -0.3 is 5.11 Å². The van der Waals surface area contributed by atoms with E-state index in [1.165, 1.54) is 0 Å². The van der Waals surface area contributed by atoms with Crippen LogP contribution in [0.25, 0.3) is 5.57 Å². The van der Waals surface area contributed by atoms with E-state index in [2.05, 4.69) is 0 Å². The van der Waals surface area contributed by atoms with E-state index in [1.54, 1.807) is 30.3 Å². The highest BCUT2D eigenvalue weighted by Crippen LogP contribution is 2.50. The minimum Gasteiger partial charge on any atom is -0.480 e. The lowest BCUT2D eigenvalue weighted by Crippen LogP contribution is -2.16. The Labute approximate surface area is 104 Å². The van der Waals surface area contributed by atoms with Crippen molar-refractivity contribution in [1.29, 1.82) is 0 Å². The number of nitrogens with zero attached hydrogens (tertiary/aromatic N) is 1. The molecular formula is C10H7NO4S2. The van der Waals surface area contributed by atoms with Gasteiger partial charge in [-0.15, -0.1) is 0 Å². The summed E-state index contributed by atoms with van der Waals surface area (Å²) in [4.78, 5) is 21.4. The fraction of sp³-hybridized carbons (Fsp3) is 0.100. The minimum atomic E-state index is -1.06. The van der Waals surface area contributed by atoms with Gasteiger partial charge in [0.25, 0.3) is 0 Å². The van der Waals surface area contributed by atoms with Crippen LogP contribution in [-0.4, -0.2) is 21.2 Å². The quantitative estimate of drug-likeness (QED) is 0.516. The average molecular weight is 269 g/mol. The number of aliphatic carboxylic acids is 1. The molecule has 1 aliphatic heterocycles. The Kier molecular flexibility index (Phi) is 3.39. The first-order valence-electron chi connectivity index (χ1n) is 4.61. The van der Waals surface area contributed by atoms with Gasteiger partial charge in [0.1, 0.15) is 5.25 Å². The molecule has 0 radical (unpaired) electrons. The second-order valence-electron chi connectivity index (χ2n) is 3.24. The van der Waals surface area contributed by atoms with Crippen LogP contribution in [0.15, 0.2) is 35.4 Å². The number of carbonyl (C=O) groups is 1. The van der Waals surface area contributed by atoms with Crippen LogP contribution in [-0.2, 0) is 4.79 Å². The smallest absolute Gasteiger partial charge is 0.322 e. The second-order valence-corrected chi connectivity index (χ2v) is 5.53. The zero-order valence-electron chi connectivity index (χ0n) is 8.40. The molecule has 1 N–H and O–H groups in total. The lowest BCUT2D eigenvalue weighted by Gasteiger charge is -2.06. The summed E-state index contributed by atoms with van der Waals surface area (Å²) >= 11 is 0. The molecule has 1 aromatic rings. The van der Waals surface area contributed by atoms with Gasteiger partial charge in [-0.2, -0.15) is 0 Å². The molecule has 0 saturated carbocycles. The van der Waals surface area contributed by atoms with Gasteiger partial charge in [-0.05, 0) is 5.56 Å². The largest absolute Gasteiger partial charge is 0.480 e. The summed E-state index contributed by atoms with van der Waals surface area (Å²) in [6.45, 7) is 0. The average Bonchev–Trinajstić information content (AvgIpc) is 2.74. The van der Waals surface area contributed by atoms with E-state index in [0.29, 0.717) is 5.56 Å². The molecule has 1 heterocycles. The van der Waals surface area contributed by atoms with Crippen LogP contribution >= 0.6 is 21.6 Å². The van der Waals surface area contributed by atoms with Crippen LogP contribution in [0.5, 0.6) is 0 Å². The third-order valence-electron chi connectivity index (χ3n) is 2.19. The summed E-state index contributed by atoms with van der Waals surface area (Å²) in [5.41, 5.74) is 0.863. The number of benzene rings is 1. The molecule has 0 aliphatic carbocycles. The molecule has 1 unspecified atom stereocenters. The van der Waals surface area contributed by atoms with Crippen molar-refractivity contribution < 1.29 is 14.8 Å². The van der Waals surface area contributed by atoms with Crippen molar-refractivity contribution in [2.45, 2.75) is 5.25 Å². The second kappa shape index (κ2) is 4.80. The van der Waals surface area contributed by atoms with Gasteiger partial charge in [0.15, 0.2) is 0 Å². The van der Waals surface area contributed by atoms with E-state index in [1.807, 2.05) is 0 Å². The number of hydrogen-bond donors (Lipinski definition) is 1. The van der Waals surface area contributed by atoms with Gasteiger partial charge in [0.2, 0.25) is 0 Å². The van der Waals surface area contributed by atoms with Gasteiger partial charge in [-0.1, -0.05) is 41.1 Å². The van der Waals surface area contributed by atoms with Crippen LogP contribution in [0.1, 0.15) is 5.56 Å². The highest BCUT2D eigenvalue weighted by molar-refractivity contribution is 8.79. The Morgan fingerprint density at radius 3 is 2.53 bits per heavy atom. The normalized spacial score (nSPS) is 19.4. The monoisotopic (exact) mass is 269 g/mol. The SMILES string of the molecule is O=C(O)C1SSC([N+](=O)[O-])=C1c1ccccc1. The molecule has 0 amide bonds. The summed E-state index contributed by atoms with van der Waals surface area (Å²) in [6.07, 6.45) is 0. The van der Waals surface area contributed by atoms with Crippen molar-refractivity contribution in [1.82, 2.24) is 0 Å². The molecule has 0 saturated heterocycles. The summed E-state index contributed by atoms with van der Waals surface area (Å²) in [5, 5.41) is 19.0. The predicted octanol–water partition coefficient (Wildman–Crippen LogP) is 2.48. The Morgan fingerprint density at radius 2 is 2.00 bits per heavy atom. The van der Waals surface area contributed by atoms with Crippen molar-refractivity contribution in [3.05, 3.63) is 51.0 Å². The number of carboxylic acids is 1. The zero-order valence-corrected chi connectivity index (χ0v) is 10.0. The maximum atomic E-state index is 11.1.